The molecule has 1 aromatic carbocycles. The van der Waals surface area contributed by atoms with Gasteiger partial charge in [-0.3, -0.25) is 4.68 Å². The minimum absolute atomic E-state index is 0.140. The first-order valence-electron chi connectivity index (χ1n) is 9.36. The zero-order chi connectivity index (χ0) is 19.9. The molecular weight excluding hydrogens is 340 g/mol. The number of nitrogens with one attached hydrogen (secondary N) is 2. The zero-order valence-corrected chi connectivity index (χ0v) is 17.1. The highest BCUT2D eigenvalue weighted by Crippen LogP contribution is 2.26. The van der Waals surface area contributed by atoms with Gasteiger partial charge in [-0.25, -0.2) is 4.79 Å². The standard InChI is InChI=1S/C21H32N4O2/c1-20(2,3)16-21(4,5)24-19(26)23-18-13-22-25(14-18)11-12-27-15-17-9-7-6-8-10-17/h6-10,13-14H,11-12,15-16H2,1-5H3,(H2,23,24,26). The van der Waals surface area contributed by atoms with Crippen molar-refractivity contribution in [3.05, 3.63) is 48.3 Å². The van der Waals surface area contributed by atoms with E-state index in [1.54, 1.807) is 10.9 Å². The summed E-state index contributed by atoms with van der Waals surface area (Å²) in [6, 6.07) is 9.84. The number of carbonyl (C=O) groups is 1. The molecule has 6 nitrogen and oxygen atoms in total. The third-order valence-corrected chi connectivity index (χ3v) is 3.89. The summed E-state index contributed by atoms with van der Waals surface area (Å²) in [5.74, 6) is 0. The predicted octanol–water partition coefficient (Wildman–Crippen LogP) is 4.44. The van der Waals surface area contributed by atoms with Crippen molar-refractivity contribution in [3.63, 3.8) is 0 Å². The van der Waals surface area contributed by atoms with Gasteiger partial charge in [0, 0.05) is 11.7 Å². The molecule has 1 aromatic heterocycles. The maximum absolute atomic E-state index is 12.3. The molecule has 0 atom stereocenters. The Labute approximate surface area is 162 Å². The van der Waals surface area contributed by atoms with E-state index >= 15 is 0 Å². The van der Waals surface area contributed by atoms with Crippen LogP contribution in [0.5, 0.6) is 0 Å². The van der Waals surface area contributed by atoms with Gasteiger partial charge in [-0.2, -0.15) is 5.10 Å². The second kappa shape index (κ2) is 9.04. The molecule has 1 heterocycles. The van der Waals surface area contributed by atoms with Gasteiger partial charge >= 0.3 is 6.03 Å². The van der Waals surface area contributed by atoms with Crippen LogP contribution in [0.15, 0.2) is 42.7 Å². The fraction of sp³-hybridized carbons (Fsp3) is 0.524. The van der Waals surface area contributed by atoms with Crippen molar-refractivity contribution in [1.82, 2.24) is 15.1 Å². The van der Waals surface area contributed by atoms with Crippen molar-refractivity contribution < 1.29 is 9.53 Å². The van der Waals surface area contributed by atoms with Crippen LogP contribution in [0.25, 0.3) is 0 Å². The number of nitrogens with zero attached hydrogens (tertiary/aromatic N) is 2. The van der Waals surface area contributed by atoms with E-state index in [0.29, 0.717) is 25.4 Å². The molecule has 0 aliphatic heterocycles. The Bertz CT molecular complexity index is 717. The van der Waals surface area contributed by atoms with Crippen LogP contribution in [0.2, 0.25) is 0 Å². The molecule has 2 amide bonds. The van der Waals surface area contributed by atoms with Gasteiger partial charge < -0.3 is 15.4 Å². The Kier molecular flexibility index (Phi) is 7.02. The van der Waals surface area contributed by atoms with E-state index in [0.717, 1.165) is 12.0 Å². The molecule has 0 spiro atoms. The molecule has 148 valence electrons. The maximum atomic E-state index is 12.3. The van der Waals surface area contributed by atoms with Gasteiger partial charge in [0.15, 0.2) is 0 Å². The molecule has 0 saturated carbocycles. The molecule has 2 aromatic rings. The number of urea groups is 1. The van der Waals surface area contributed by atoms with Gasteiger partial charge in [0.2, 0.25) is 0 Å². The molecule has 0 aliphatic carbocycles. The van der Waals surface area contributed by atoms with E-state index in [-0.39, 0.29) is 17.0 Å². The number of carbonyl (C=O) groups excluding carboxylic acids is 1. The van der Waals surface area contributed by atoms with Crippen LogP contribution < -0.4 is 10.6 Å². The zero-order valence-electron chi connectivity index (χ0n) is 17.1. The molecule has 0 saturated heterocycles. The minimum atomic E-state index is -0.288. The number of hydrogen-bond donors (Lipinski definition) is 2. The SMILES string of the molecule is CC(C)(C)CC(C)(C)NC(=O)Nc1cnn(CCOCc2ccccc2)c1. The van der Waals surface area contributed by atoms with Crippen molar-refractivity contribution in [3.8, 4) is 0 Å². The number of rotatable bonds is 8. The summed E-state index contributed by atoms with van der Waals surface area (Å²) in [5.41, 5.74) is 1.67. The average Bonchev–Trinajstić information content (AvgIpc) is 2.96. The van der Waals surface area contributed by atoms with Crippen LogP contribution in [0.1, 0.15) is 46.6 Å². The molecule has 0 bridgehead atoms. The van der Waals surface area contributed by atoms with E-state index in [1.165, 1.54) is 0 Å². The summed E-state index contributed by atoms with van der Waals surface area (Å²) in [6.07, 6.45) is 4.33. The van der Waals surface area contributed by atoms with Crippen molar-refractivity contribution in [2.24, 2.45) is 5.41 Å². The molecule has 0 fully saturated rings. The number of aromatic nitrogens is 2. The molecule has 2 N–H and O–H groups in total. The Morgan fingerprint density at radius 3 is 2.52 bits per heavy atom. The molecular formula is C21H32N4O2. The second-order valence-electron chi connectivity index (χ2n) is 8.73. The first-order chi connectivity index (χ1) is 12.6. The summed E-state index contributed by atoms with van der Waals surface area (Å²) in [4.78, 5) is 12.3. The van der Waals surface area contributed by atoms with Crippen LogP contribution in [-0.4, -0.2) is 28.0 Å². The summed E-state index contributed by atoms with van der Waals surface area (Å²) in [6.45, 7) is 12.3. The van der Waals surface area contributed by atoms with Gasteiger partial charge in [-0.1, -0.05) is 51.1 Å². The highest BCUT2D eigenvalue weighted by molar-refractivity contribution is 5.89. The quantitative estimate of drug-likeness (QED) is 0.673. The van der Waals surface area contributed by atoms with Gasteiger partial charge in [0.05, 0.1) is 31.6 Å². The lowest BCUT2D eigenvalue weighted by Crippen LogP contribution is -2.47. The fourth-order valence-electron chi connectivity index (χ4n) is 3.31. The lowest BCUT2D eigenvalue weighted by atomic mass is 9.82. The number of ether oxygens (including phenoxy) is 1. The number of hydrogen-bond acceptors (Lipinski definition) is 3. The smallest absolute Gasteiger partial charge is 0.319 e. The number of benzene rings is 1. The van der Waals surface area contributed by atoms with Gasteiger partial charge in [0.25, 0.3) is 0 Å². The molecule has 0 radical (unpaired) electrons. The van der Waals surface area contributed by atoms with Crippen molar-refractivity contribution in [2.75, 3.05) is 11.9 Å². The number of anilines is 1. The minimum Gasteiger partial charge on any atom is -0.375 e. The Hall–Kier alpha value is -2.34. The summed E-state index contributed by atoms with van der Waals surface area (Å²) in [5, 5.41) is 10.1. The molecule has 0 unspecified atom stereocenters. The van der Waals surface area contributed by atoms with Crippen LogP contribution in [0.4, 0.5) is 10.5 Å². The molecule has 0 aliphatic rings. The summed E-state index contributed by atoms with van der Waals surface area (Å²) in [7, 11) is 0. The highest BCUT2D eigenvalue weighted by Gasteiger charge is 2.27. The van der Waals surface area contributed by atoms with Crippen LogP contribution in [-0.2, 0) is 17.9 Å². The maximum Gasteiger partial charge on any atom is 0.319 e. The van der Waals surface area contributed by atoms with E-state index < -0.39 is 0 Å². The molecule has 6 heteroatoms. The first-order valence-corrected chi connectivity index (χ1v) is 9.36. The second-order valence-corrected chi connectivity index (χ2v) is 8.73. The van der Waals surface area contributed by atoms with E-state index in [2.05, 4.69) is 36.5 Å². The average molecular weight is 373 g/mol. The Balaban J connectivity index is 1.74. The lowest BCUT2D eigenvalue weighted by molar-refractivity contribution is 0.111. The normalized spacial score (nSPS) is 12.0. The van der Waals surface area contributed by atoms with E-state index in [4.69, 9.17) is 4.74 Å². The topological polar surface area (TPSA) is 68.2 Å². The molecule has 2 rings (SSSR count). The number of amides is 2. The largest absolute Gasteiger partial charge is 0.375 e. The summed E-state index contributed by atoms with van der Waals surface area (Å²) >= 11 is 0. The Morgan fingerprint density at radius 2 is 1.85 bits per heavy atom. The third-order valence-electron chi connectivity index (χ3n) is 3.89. The van der Waals surface area contributed by atoms with Crippen molar-refractivity contribution in [1.29, 1.82) is 0 Å². The van der Waals surface area contributed by atoms with Crippen LogP contribution >= 0.6 is 0 Å². The first kappa shape index (κ1) is 21.0. The van der Waals surface area contributed by atoms with E-state index in [9.17, 15) is 4.79 Å². The Morgan fingerprint density at radius 1 is 1.15 bits per heavy atom. The summed E-state index contributed by atoms with van der Waals surface area (Å²) < 4.78 is 7.43. The van der Waals surface area contributed by atoms with Crippen LogP contribution in [0.3, 0.4) is 0 Å². The lowest BCUT2D eigenvalue weighted by Gasteiger charge is -2.33. The van der Waals surface area contributed by atoms with Gasteiger partial charge in [-0.05, 0) is 31.2 Å². The predicted molar refractivity (Wildman–Crippen MR) is 109 cm³/mol. The monoisotopic (exact) mass is 372 g/mol. The highest BCUT2D eigenvalue weighted by atomic mass is 16.5. The van der Waals surface area contributed by atoms with Crippen molar-refractivity contribution in [2.45, 2.75) is 59.7 Å². The fourth-order valence-corrected chi connectivity index (χ4v) is 3.31. The molecule has 27 heavy (non-hydrogen) atoms. The third kappa shape index (κ3) is 8.26. The van der Waals surface area contributed by atoms with Gasteiger partial charge in [-0.15, -0.1) is 0 Å². The van der Waals surface area contributed by atoms with E-state index in [1.807, 2.05) is 50.4 Å². The van der Waals surface area contributed by atoms with Crippen LogP contribution in [0, 0.1) is 5.41 Å². The van der Waals surface area contributed by atoms with Gasteiger partial charge in [0.1, 0.15) is 0 Å². The van der Waals surface area contributed by atoms with Crippen molar-refractivity contribution >= 4 is 11.7 Å².